The van der Waals surface area contributed by atoms with Crippen LogP contribution in [0.2, 0.25) is 0 Å². The van der Waals surface area contributed by atoms with E-state index in [1.807, 2.05) is 21.1 Å². The SMILES string of the molecule is CC/C=C\C/C=C\C/C=C\C/C=C\C/C=C\CCCCCCCCCCCCCCCCCCCCCCCCCCCC(=O)OC(COC(=O)CCCCCCCCCCCCCCCCCCCCCCCCC)COP(=O)(O)OCC[N+](C)(C)C. The van der Waals surface area contributed by atoms with Crippen molar-refractivity contribution in [2.24, 2.45) is 0 Å². The highest BCUT2D eigenvalue weighted by atomic mass is 31.2. The molecule has 1 N–H and O–H groups in total. The van der Waals surface area contributed by atoms with Crippen molar-refractivity contribution in [3.8, 4) is 0 Å². The maximum absolute atomic E-state index is 12.9. The molecule has 0 rings (SSSR count). The molecule has 0 aromatic carbocycles. The van der Waals surface area contributed by atoms with Crippen LogP contribution in [0.15, 0.2) is 60.8 Å². The lowest BCUT2D eigenvalue weighted by molar-refractivity contribution is -0.870. The first kappa shape index (κ1) is 85.7. The summed E-state index contributed by atoms with van der Waals surface area (Å²) in [5.41, 5.74) is 0. The van der Waals surface area contributed by atoms with Crippen molar-refractivity contribution in [1.82, 2.24) is 0 Å². The number of unbranched alkanes of at least 4 members (excludes halogenated alkanes) is 47. The average molecular weight is 1260 g/mol. The average Bonchev–Trinajstić information content (AvgIpc) is 3.58. The zero-order valence-electron chi connectivity index (χ0n) is 59.0. The molecule has 0 amide bonds. The number of nitrogens with zero attached hydrogens (tertiary/aromatic N) is 1. The summed E-state index contributed by atoms with van der Waals surface area (Å²) in [5.74, 6) is -0.773. The Morgan fingerprint density at radius 1 is 0.364 bits per heavy atom. The molecule has 2 atom stereocenters. The fourth-order valence-corrected chi connectivity index (χ4v) is 12.0. The number of hydrogen-bond donors (Lipinski definition) is 1. The summed E-state index contributed by atoms with van der Waals surface area (Å²) >= 11 is 0. The molecule has 0 aliphatic carbocycles. The molecule has 9 nitrogen and oxygen atoms in total. The van der Waals surface area contributed by atoms with Gasteiger partial charge in [-0.15, -0.1) is 0 Å². The second-order valence-corrected chi connectivity index (χ2v) is 28.5. The number of phosphoric acid groups is 1. The van der Waals surface area contributed by atoms with E-state index in [4.69, 9.17) is 18.5 Å². The highest BCUT2D eigenvalue weighted by molar-refractivity contribution is 7.47. The van der Waals surface area contributed by atoms with Crippen molar-refractivity contribution in [3.05, 3.63) is 60.8 Å². The van der Waals surface area contributed by atoms with Crippen LogP contribution in [0.4, 0.5) is 0 Å². The molecule has 10 heteroatoms. The molecule has 0 aromatic rings. The highest BCUT2D eigenvalue weighted by Crippen LogP contribution is 2.43. The van der Waals surface area contributed by atoms with Gasteiger partial charge < -0.3 is 18.9 Å². The van der Waals surface area contributed by atoms with Crippen LogP contribution in [-0.2, 0) is 32.7 Å². The summed E-state index contributed by atoms with van der Waals surface area (Å²) in [6, 6.07) is 0. The predicted molar refractivity (Wildman–Crippen MR) is 381 cm³/mol. The summed E-state index contributed by atoms with van der Waals surface area (Å²) in [5, 5.41) is 0. The predicted octanol–water partition coefficient (Wildman–Crippen LogP) is 24.9. The fraction of sp³-hybridized carbons (Fsp3) is 0.846. The molecule has 516 valence electrons. The molecule has 0 heterocycles. The van der Waals surface area contributed by atoms with Crippen molar-refractivity contribution in [1.29, 1.82) is 0 Å². The minimum atomic E-state index is -4.39. The minimum Gasteiger partial charge on any atom is -0.462 e. The summed E-state index contributed by atoms with van der Waals surface area (Å²) in [4.78, 5) is 35.9. The largest absolute Gasteiger partial charge is 0.472 e. The van der Waals surface area contributed by atoms with Gasteiger partial charge in [0.15, 0.2) is 6.10 Å². The maximum Gasteiger partial charge on any atom is 0.472 e. The van der Waals surface area contributed by atoms with Gasteiger partial charge in [-0.3, -0.25) is 18.6 Å². The van der Waals surface area contributed by atoms with Crippen LogP contribution >= 0.6 is 7.82 Å². The molecule has 88 heavy (non-hydrogen) atoms. The number of esters is 2. The number of carbonyl (C=O) groups is 2. The molecular weight excluding hydrogens is 1110 g/mol. The number of hydrogen-bond acceptors (Lipinski definition) is 7. The van der Waals surface area contributed by atoms with Gasteiger partial charge in [0.2, 0.25) is 0 Å². The first-order chi connectivity index (χ1) is 43.0. The monoisotopic (exact) mass is 1260 g/mol. The number of ether oxygens (including phenoxy) is 2. The van der Waals surface area contributed by atoms with E-state index in [-0.39, 0.29) is 25.6 Å². The van der Waals surface area contributed by atoms with Crippen molar-refractivity contribution in [2.45, 2.75) is 380 Å². The van der Waals surface area contributed by atoms with Gasteiger partial charge in [-0.25, -0.2) is 4.57 Å². The second-order valence-electron chi connectivity index (χ2n) is 27.0. The Labute approximate surface area is 546 Å². The van der Waals surface area contributed by atoms with E-state index in [1.165, 1.54) is 276 Å². The van der Waals surface area contributed by atoms with Crippen LogP contribution < -0.4 is 0 Å². The van der Waals surface area contributed by atoms with Crippen molar-refractivity contribution in [3.63, 3.8) is 0 Å². The number of likely N-dealkylation sites (N-methyl/N-ethyl adjacent to an activating group) is 1. The van der Waals surface area contributed by atoms with Gasteiger partial charge in [0, 0.05) is 12.8 Å². The zero-order chi connectivity index (χ0) is 64.1. The van der Waals surface area contributed by atoms with E-state index in [0.717, 1.165) is 64.2 Å². The van der Waals surface area contributed by atoms with Crippen LogP contribution in [0.25, 0.3) is 0 Å². The lowest BCUT2D eigenvalue weighted by Gasteiger charge is -2.24. The summed E-state index contributed by atoms with van der Waals surface area (Å²) < 4.78 is 34.8. The number of carbonyl (C=O) groups excluding carboxylic acids is 2. The lowest BCUT2D eigenvalue weighted by atomic mass is 10.0. The van der Waals surface area contributed by atoms with Gasteiger partial charge in [0.1, 0.15) is 19.8 Å². The quantitative estimate of drug-likeness (QED) is 0.0211. The molecule has 0 aliphatic rings. The van der Waals surface area contributed by atoms with Gasteiger partial charge in [-0.05, 0) is 57.8 Å². The van der Waals surface area contributed by atoms with Crippen molar-refractivity contribution < 1.29 is 42.1 Å². The van der Waals surface area contributed by atoms with Crippen LogP contribution in [0, 0.1) is 0 Å². The molecule has 0 aliphatic heterocycles. The van der Waals surface area contributed by atoms with Gasteiger partial charge in [0.05, 0.1) is 27.7 Å². The Balaban J connectivity index is 3.89. The molecule has 2 unspecified atom stereocenters. The number of rotatable bonds is 71. The van der Waals surface area contributed by atoms with Crippen molar-refractivity contribution in [2.75, 3.05) is 47.5 Å². The third kappa shape index (κ3) is 72.8. The Kier molecular flexibility index (Phi) is 67.3. The highest BCUT2D eigenvalue weighted by Gasteiger charge is 2.27. The molecule has 0 saturated carbocycles. The van der Waals surface area contributed by atoms with E-state index in [9.17, 15) is 19.0 Å². The third-order valence-electron chi connectivity index (χ3n) is 17.1. The smallest absolute Gasteiger partial charge is 0.462 e. The Bertz CT molecular complexity index is 1670. The normalized spacial score (nSPS) is 13.4. The van der Waals surface area contributed by atoms with Crippen LogP contribution in [0.1, 0.15) is 373 Å². The molecular formula is C78H147NO8P+. The molecule has 0 spiro atoms. The number of quaternary nitrogens is 1. The van der Waals surface area contributed by atoms with Crippen molar-refractivity contribution >= 4 is 19.8 Å². The molecule has 0 fully saturated rings. The van der Waals surface area contributed by atoms with Gasteiger partial charge in [-0.2, -0.15) is 0 Å². The summed E-state index contributed by atoms with van der Waals surface area (Å²) in [7, 11) is 1.50. The first-order valence-corrected chi connectivity index (χ1v) is 39.5. The third-order valence-corrected chi connectivity index (χ3v) is 18.0. The summed E-state index contributed by atoms with van der Waals surface area (Å²) in [6.45, 7) is 4.39. The zero-order valence-corrected chi connectivity index (χ0v) is 59.9. The second kappa shape index (κ2) is 69.1. The van der Waals surface area contributed by atoms with E-state index in [0.29, 0.717) is 23.9 Å². The molecule has 0 bridgehead atoms. The van der Waals surface area contributed by atoms with E-state index in [2.05, 4.69) is 74.6 Å². The van der Waals surface area contributed by atoms with E-state index in [1.54, 1.807) is 0 Å². The topological polar surface area (TPSA) is 108 Å². The molecule has 0 aromatic heterocycles. The number of phosphoric ester groups is 1. The van der Waals surface area contributed by atoms with Crippen LogP contribution in [-0.4, -0.2) is 74.9 Å². The minimum absolute atomic E-state index is 0.0349. The van der Waals surface area contributed by atoms with Crippen LogP contribution in [0.3, 0.4) is 0 Å². The van der Waals surface area contributed by atoms with E-state index >= 15 is 0 Å². The molecule has 0 radical (unpaired) electrons. The fourth-order valence-electron chi connectivity index (χ4n) is 11.3. The lowest BCUT2D eigenvalue weighted by Crippen LogP contribution is -2.37. The first-order valence-electron chi connectivity index (χ1n) is 38.0. The number of allylic oxidation sites excluding steroid dienone is 10. The Morgan fingerprint density at radius 3 is 0.966 bits per heavy atom. The van der Waals surface area contributed by atoms with Crippen LogP contribution in [0.5, 0.6) is 0 Å². The van der Waals surface area contributed by atoms with Gasteiger partial charge in [-0.1, -0.05) is 364 Å². The maximum atomic E-state index is 12.9. The molecule has 0 saturated heterocycles. The van der Waals surface area contributed by atoms with Gasteiger partial charge in [0.25, 0.3) is 0 Å². The standard InChI is InChI=1S/C78H146NO8P/c1-6-8-10-12-14-16-18-20-22-24-26-28-30-31-32-33-34-35-36-37-38-39-40-41-42-43-44-45-46-47-49-51-53-55-57-59-61-63-65-67-69-71-78(81)87-76(75-86-88(82,83)85-73-72-79(3,4)5)74-84-77(80)70-68-66-64-62-60-58-56-54-52-50-48-29-27-25-23-21-19-17-15-13-11-9-7-2/h8,10,14,16,20,22,26,28,31-32,76H,6-7,9,11-13,15,17-19,21,23-25,27,29-30,33-75H2,1-5H3/p+1/b10-8-,16-14-,22-20-,28-26-,32-31-. The van der Waals surface area contributed by atoms with E-state index < -0.39 is 26.5 Å². The Morgan fingerprint density at radius 2 is 0.648 bits per heavy atom. The summed E-state index contributed by atoms with van der Waals surface area (Å²) in [6.07, 6.45) is 92.2. The van der Waals surface area contributed by atoms with Gasteiger partial charge >= 0.3 is 19.8 Å². The Hall–Kier alpha value is -2.29.